The minimum Gasteiger partial charge on any atom is -0.487 e. The summed E-state index contributed by atoms with van der Waals surface area (Å²) in [7, 11) is 0. The summed E-state index contributed by atoms with van der Waals surface area (Å²) >= 11 is 0. The van der Waals surface area contributed by atoms with E-state index >= 15 is 0 Å². The maximum Gasteiger partial charge on any atom is 0.364 e. The lowest BCUT2D eigenvalue weighted by Crippen LogP contribution is -2.47. The number of aliphatic carboxylic acids is 1. The summed E-state index contributed by atoms with van der Waals surface area (Å²) in [6.45, 7) is 6.19. The predicted molar refractivity (Wildman–Crippen MR) is 113 cm³/mol. The number of carboxylic acid groups (broad SMARTS) is 1. The predicted octanol–water partition coefficient (Wildman–Crippen LogP) is 4.47. The number of carboxylic acids is 1. The first-order valence-electron chi connectivity index (χ1n) is 10.1. The number of hydrogen-bond donors (Lipinski definition) is 1. The average molecular weight is 423 g/mol. The van der Waals surface area contributed by atoms with Crippen LogP contribution in [-0.2, 0) is 20.9 Å². The van der Waals surface area contributed by atoms with Crippen molar-refractivity contribution in [1.29, 1.82) is 0 Å². The van der Waals surface area contributed by atoms with E-state index in [0.717, 1.165) is 22.6 Å². The first-order valence-corrected chi connectivity index (χ1v) is 10.1. The molecule has 0 unspecified atom stereocenters. The molecule has 4 rings (SSSR count). The summed E-state index contributed by atoms with van der Waals surface area (Å²) in [4.78, 5) is 15.8. The zero-order valence-electron chi connectivity index (χ0n) is 17.8. The normalized spacial score (nSPS) is 21.1. The number of nitrogens with zero attached hydrogens (tertiary/aromatic N) is 1. The van der Waals surface area contributed by atoms with Crippen molar-refractivity contribution in [3.63, 3.8) is 0 Å². The number of rotatable bonds is 6. The SMILES string of the molecule is Cc1ccc(-c2nc(COc3ccc(C4COC(C)(C(=O)O)OC4)cc3)c(C)o2)cc1. The molecule has 0 aliphatic carbocycles. The molecule has 1 aliphatic heterocycles. The van der Waals surface area contributed by atoms with E-state index in [-0.39, 0.29) is 19.1 Å². The van der Waals surface area contributed by atoms with Crippen LogP contribution in [0.15, 0.2) is 52.9 Å². The highest BCUT2D eigenvalue weighted by atomic mass is 16.7. The van der Waals surface area contributed by atoms with E-state index in [2.05, 4.69) is 4.98 Å². The standard InChI is InChI=1S/C24H25NO6/c1-15-4-6-18(7-5-15)22-25-21(16(2)31-22)14-28-20-10-8-17(9-11-20)19-12-29-24(3,23(26)27)30-13-19/h4-11,19H,12-14H2,1-3H3,(H,26,27). The molecule has 1 aliphatic rings. The van der Waals surface area contributed by atoms with Gasteiger partial charge in [-0.2, -0.15) is 0 Å². The summed E-state index contributed by atoms with van der Waals surface area (Å²) in [5.41, 5.74) is 3.86. The number of hydrogen-bond acceptors (Lipinski definition) is 6. The molecule has 0 spiro atoms. The van der Waals surface area contributed by atoms with Crippen molar-refractivity contribution in [3.05, 3.63) is 71.1 Å². The van der Waals surface area contributed by atoms with E-state index in [1.165, 1.54) is 12.5 Å². The minimum atomic E-state index is -1.58. The molecule has 1 saturated heterocycles. The average Bonchev–Trinajstić information content (AvgIpc) is 3.14. The molecule has 0 atom stereocenters. The summed E-state index contributed by atoms with van der Waals surface area (Å²) in [6.07, 6.45) is 0. The lowest BCUT2D eigenvalue weighted by atomic mass is 9.99. The van der Waals surface area contributed by atoms with Crippen LogP contribution < -0.4 is 4.74 Å². The van der Waals surface area contributed by atoms with Gasteiger partial charge in [0.2, 0.25) is 5.89 Å². The molecule has 0 saturated carbocycles. The van der Waals surface area contributed by atoms with Gasteiger partial charge in [0.15, 0.2) is 0 Å². The first-order chi connectivity index (χ1) is 14.8. The number of ether oxygens (including phenoxy) is 3. The second-order valence-electron chi connectivity index (χ2n) is 7.82. The third-order valence-electron chi connectivity index (χ3n) is 5.43. The maximum absolute atomic E-state index is 11.2. The summed E-state index contributed by atoms with van der Waals surface area (Å²) < 4.78 is 22.5. The van der Waals surface area contributed by atoms with E-state index < -0.39 is 11.8 Å². The van der Waals surface area contributed by atoms with Gasteiger partial charge < -0.3 is 23.7 Å². The highest BCUT2D eigenvalue weighted by molar-refractivity contribution is 5.75. The van der Waals surface area contributed by atoms with E-state index in [0.29, 0.717) is 18.2 Å². The van der Waals surface area contributed by atoms with Gasteiger partial charge in [-0.05, 0) is 43.7 Å². The number of oxazole rings is 1. The van der Waals surface area contributed by atoms with Gasteiger partial charge in [0.25, 0.3) is 5.79 Å². The van der Waals surface area contributed by atoms with Crippen LogP contribution in [0.1, 0.15) is 35.4 Å². The van der Waals surface area contributed by atoms with Gasteiger partial charge in [-0.15, -0.1) is 0 Å². The molecular formula is C24H25NO6. The molecule has 7 nitrogen and oxygen atoms in total. The molecular weight excluding hydrogens is 398 g/mol. The highest BCUT2D eigenvalue weighted by Gasteiger charge is 2.40. The number of carbonyl (C=O) groups is 1. The quantitative estimate of drug-likeness (QED) is 0.625. The van der Waals surface area contributed by atoms with Gasteiger partial charge in [0, 0.05) is 18.4 Å². The summed E-state index contributed by atoms with van der Waals surface area (Å²) in [6, 6.07) is 15.6. The van der Waals surface area contributed by atoms with Crippen LogP contribution in [0, 0.1) is 13.8 Å². The maximum atomic E-state index is 11.2. The number of aryl methyl sites for hydroxylation is 2. The second kappa shape index (κ2) is 8.53. The van der Waals surface area contributed by atoms with Crippen LogP contribution in [0.2, 0.25) is 0 Å². The Morgan fingerprint density at radius 1 is 1.10 bits per heavy atom. The molecule has 2 heterocycles. The van der Waals surface area contributed by atoms with Crippen LogP contribution >= 0.6 is 0 Å². The van der Waals surface area contributed by atoms with E-state index in [1.54, 1.807) is 0 Å². The van der Waals surface area contributed by atoms with Crippen LogP contribution in [0.3, 0.4) is 0 Å². The Hall–Kier alpha value is -3.16. The van der Waals surface area contributed by atoms with Crippen LogP contribution in [-0.4, -0.2) is 35.1 Å². The zero-order chi connectivity index (χ0) is 22.0. The van der Waals surface area contributed by atoms with Crippen molar-refractivity contribution in [2.75, 3.05) is 13.2 Å². The van der Waals surface area contributed by atoms with E-state index in [1.807, 2.05) is 62.4 Å². The van der Waals surface area contributed by atoms with Crippen LogP contribution in [0.5, 0.6) is 5.75 Å². The molecule has 162 valence electrons. The molecule has 0 bridgehead atoms. The highest BCUT2D eigenvalue weighted by Crippen LogP contribution is 2.29. The third-order valence-corrected chi connectivity index (χ3v) is 5.43. The van der Waals surface area contributed by atoms with Gasteiger partial charge in [-0.3, -0.25) is 0 Å². The molecule has 31 heavy (non-hydrogen) atoms. The smallest absolute Gasteiger partial charge is 0.364 e. The third kappa shape index (κ3) is 4.62. The van der Waals surface area contributed by atoms with Crippen molar-refractivity contribution in [1.82, 2.24) is 4.98 Å². The molecule has 1 fully saturated rings. The Bertz CT molecular complexity index is 1050. The van der Waals surface area contributed by atoms with Crippen molar-refractivity contribution < 1.29 is 28.5 Å². The largest absolute Gasteiger partial charge is 0.487 e. The molecule has 7 heteroatoms. The fourth-order valence-electron chi connectivity index (χ4n) is 3.29. The number of aromatic nitrogens is 1. The Morgan fingerprint density at radius 2 is 1.74 bits per heavy atom. The summed E-state index contributed by atoms with van der Waals surface area (Å²) in [5.74, 6) is -0.718. The second-order valence-corrected chi connectivity index (χ2v) is 7.82. The first kappa shape index (κ1) is 21.1. The Balaban J connectivity index is 1.36. The van der Waals surface area contributed by atoms with E-state index in [4.69, 9.17) is 23.7 Å². The van der Waals surface area contributed by atoms with Crippen LogP contribution in [0.4, 0.5) is 0 Å². The van der Waals surface area contributed by atoms with Gasteiger partial charge in [-0.1, -0.05) is 29.8 Å². The van der Waals surface area contributed by atoms with Crippen molar-refractivity contribution in [2.24, 2.45) is 0 Å². The van der Waals surface area contributed by atoms with Crippen LogP contribution in [0.25, 0.3) is 11.5 Å². The Morgan fingerprint density at radius 3 is 2.35 bits per heavy atom. The lowest BCUT2D eigenvalue weighted by molar-refractivity contribution is -0.262. The topological polar surface area (TPSA) is 91.0 Å². The van der Waals surface area contributed by atoms with Gasteiger partial charge in [0.1, 0.15) is 23.8 Å². The molecule has 1 N–H and O–H groups in total. The lowest BCUT2D eigenvalue weighted by Gasteiger charge is -2.34. The Kier molecular flexibility index (Phi) is 5.80. The fraction of sp³-hybridized carbons (Fsp3) is 0.333. The molecule has 2 aromatic carbocycles. The number of benzene rings is 2. The molecule has 0 amide bonds. The Labute approximate surface area is 180 Å². The van der Waals surface area contributed by atoms with E-state index in [9.17, 15) is 4.79 Å². The van der Waals surface area contributed by atoms with Crippen molar-refractivity contribution >= 4 is 5.97 Å². The van der Waals surface area contributed by atoms with Crippen molar-refractivity contribution in [2.45, 2.75) is 39.1 Å². The molecule has 3 aromatic rings. The molecule has 1 aromatic heterocycles. The summed E-state index contributed by atoms with van der Waals surface area (Å²) in [5, 5.41) is 9.16. The van der Waals surface area contributed by atoms with Gasteiger partial charge in [-0.25, -0.2) is 9.78 Å². The molecule has 0 radical (unpaired) electrons. The fourth-order valence-corrected chi connectivity index (χ4v) is 3.29. The van der Waals surface area contributed by atoms with Gasteiger partial charge in [0.05, 0.1) is 13.2 Å². The zero-order valence-corrected chi connectivity index (χ0v) is 17.8. The van der Waals surface area contributed by atoms with Crippen molar-refractivity contribution in [3.8, 4) is 17.2 Å². The minimum absolute atomic E-state index is 0.0312. The monoisotopic (exact) mass is 423 g/mol. The van der Waals surface area contributed by atoms with Gasteiger partial charge >= 0.3 is 5.97 Å².